The summed E-state index contributed by atoms with van der Waals surface area (Å²) >= 11 is 6.49. The molecule has 1 atom stereocenters. The highest BCUT2D eigenvalue weighted by molar-refractivity contribution is 6.36. The van der Waals surface area contributed by atoms with Gasteiger partial charge in [0.1, 0.15) is 16.8 Å². The molecule has 10 heteroatoms. The molecule has 1 aromatic carbocycles. The molecule has 166 valence electrons. The molecule has 0 saturated heterocycles. The summed E-state index contributed by atoms with van der Waals surface area (Å²) in [4.78, 5) is 12.2. The molecule has 0 spiro atoms. The van der Waals surface area contributed by atoms with Crippen LogP contribution in [0.4, 0.5) is 18.9 Å². The summed E-state index contributed by atoms with van der Waals surface area (Å²) in [6, 6.07) is 2.79. The first kappa shape index (κ1) is 23.9. The number of nitrogens with one attached hydrogen (secondary N) is 1. The van der Waals surface area contributed by atoms with Crippen molar-refractivity contribution in [1.82, 2.24) is 9.78 Å². The molecule has 0 amide bonds. The van der Waals surface area contributed by atoms with Crippen molar-refractivity contribution in [2.75, 3.05) is 19.0 Å². The molecule has 1 unspecified atom stereocenters. The van der Waals surface area contributed by atoms with Crippen molar-refractivity contribution in [2.24, 2.45) is 5.92 Å². The fraction of sp³-hybridized carbons (Fsp3) is 0.500. The topological polar surface area (TPSA) is 65.4 Å². The van der Waals surface area contributed by atoms with E-state index in [4.69, 9.17) is 21.1 Å². The summed E-state index contributed by atoms with van der Waals surface area (Å²) in [7, 11) is 1.40. The number of aromatic nitrogens is 2. The third-order valence-electron chi connectivity index (χ3n) is 4.23. The minimum absolute atomic E-state index is 0.0240. The Kier molecular flexibility index (Phi) is 7.63. The Labute approximate surface area is 178 Å². The zero-order chi connectivity index (χ0) is 22.6. The third-order valence-corrected chi connectivity index (χ3v) is 4.59. The van der Waals surface area contributed by atoms with Gasteiger partial charge in [0.25, 0.3) is 0 Å². The van der Waals surface area contributed by atoms with E-state index >= 15 is 0 Å². The van der Waals surface area contributed by atoms with Gasteiger partial charge in [0.15, 0.2) is 5.69 Å². The van der Waals surface area contributed by atoms with Crippen LogP contribution in [0, 0.1) is 5.92 Å². The first-order valence-corrected chi connectivity index (χ1v) is 9.82. The fourth-order valence-electron chi connectivity index (χ4n) is 2.81. The molecule has 2 rings (SSSR count). The van der Waals surface area contributed by atoms with Crippen LogP contribution in [0.3, 0.4) is 0 Å². The van der Waals surface area contributed by atoms with Crippen LogP contribution < -0.4 is 10.1 Å². The fourth-order valence-corrected chi connectivity index (χ4v) is 3.13. The number of methoxy groups -OCH3 is 1. The number of alkyl halides is 3. The maximum Gasteiger partial charge on any atom is 0.408 e. The Morgan fingerprint density at radius 1 is 1.30 bits per heavy atom. The molecule has 0 aliphatic rings. The number of anilines is 1. The summed E-state index contributed by atoms with van der Waals surface area (Å²) in [6.07, 6.45) is -4.39. The van der Waals surface area contributed by atoms with E-state index in [-0.39, 0.29) is 34.7 Å². The van der Waals surface area contributed by atoms with Crippen molar-refractivity contribution < 1.29 is 27.4 Å². The smallest absolute Gasteiger partial charge is 0.408 e. The highest BCUT2D eigenvalue weighted by Crippen LogP contribution is 2.39. The average Bonchev–Trinajstić information content (AvgIpc) is 2.96. The minimum Gasteiger partial charge on any atom is -0.496 e. The van der Waals surface area contributed by atoms with Gasteiger partial charge in [-0.15, -0.1) is 0 Å². The van der Waals surface area contributed by atoms with E-state index in [9.17, 15) is 18.0 Å². The monoisotopic (exact) mass is 447 g/mol. The number of benzene rings is 1. The molecule has 0 radical (unpaired) electrons. The second-order valence-electron chi connectivity index (χ2n) is 7.13. The zero-order valence-electron chi connectivity index (χ0n) is 17.4. The normalized spacial score (nSPS) is 12.7. The quantitative estimate of drug-likeness (QED) is 0.548. The van der Waals surface area contributed by atoms with Gasteiger partial charge in [-0.2, -0.15) is 18.3 Å². The lowest BCUT2D eigenvalue weighted by Gasteiger charge is -2.20. The van der Waals surface area contributed by atoms with Crippen molar-refractivity contribution in [3.05, 3.63) is 28.9 Å². The molecule has 30 heavy (non-hydrogen) atoms. The molecule has 0 aliphatic heterocycles. The summed E-state index contributed by atoms with van der Waals surface area (Å²) < 4.78 is 50.6. The summed E-state index contributed by atoms with van der Waals surface area (Å²) in [5.74, 6) is -0.173. The van der Waals surface area contributed by atoms with Gasteiger partial charge in [-0.25, -0.2) is 4.79 Å². The van der Waals surface area contributed by atoms with Crippen molar-refractivity contribution >= 4 is 23.3 Å². The van der Waals surface area contributed by atoms with Crippen LogP contribution in [0.1, 0.15) is 38.2 Å². The first-order chi connectivity index (χ1) is 14.0. The molecule has 0 fully saturated rings. The lowest BCUT2D eigenvalue weighted by molar-refractivity contribution is -0.138. The SMILES string of the molecule is CCOC(=O)c1nn(CC(C)C)c(-c2ccc(NC(C)C(F)(F)F)cc2OC)c1Cl. The lowest BCUT2D eigenvalue weighted by Crippen LogP contribution is -2.33. The number of nitrogens with zero attached hydrogens (tertiary/aromatic N) is 2. The summed E-state index contributed by atoms with van der Waals surface area (Å²) in [6.45, 7) is 7.29. The second kappa shape index (κ2) is 9.59. The van der Waals surface area contributed by atoms with Gasteiger partial charge in [-0.3, -0.25) is 4.68 Å². The van der Waals surface area contributed by atoms with Crippen LogP contribution in [0.25, 0.3) is 11.3 Å². The molecule has 1 aromatic heterocycles. The summed E-state index contributed by atoms with van der Waals surface area (Å²) in [5, 5.41) is 6.81. The summed E-state index contributed by atoms with van der Waals surface area (Å²) in [5.41, 5.74) is 1.14. The standard InChI is InChI=1S/C20H25ClF3N3O3/c1-6-30-19(28)17-16(21)18(27(26-17)10-11(2)3)14-8-7-13(9-15(14)29-5)25-12(4)20(22,23)24/h7-9,11-12,25H,6,10H2,1-5H3. The lowest BCUT2D eigenvalue weighted by atomic mass is 10.1. The second-order valence-corrected chi connectivity index (χ2v) is 7.51. The molecule has 1 N–H and O–H groups in total. The van der Waals surface area contributed by atoms with E-state index in [0.717, 1.165) is 6.92 Å². The van der Waals surface area contributed by atoms with E-state index in [2.05, 4.69) is 10.4 Å². The molecule has 0 aliphatic carbocycles. The number of halogens is 4. The van der Waals surface area contributed by atoms with Crippen molar-refractivity contribution in [3.8, 4) is 17.0 Å². The van der Waals surface area contributed by atoms with Crippen LogP contribution in [0.2, 0.25) is 5.02 Å². The maximum atomic E-state index is 12.9. The van der Waals surface area contributed by atoms with Crippen LogP contribution in [-0.4, -0.2) is 41.7 Å². The Balaban J connectivity index is 2.54. The van der Waals surface area contributed by atoms with Gasteiger partial charge in [0.05, 0.1) is 19.4 Å². The van der Waals surface area contributed by atoms with Gasteiger partial charge in [-0.1, -0.05) is 25.4 Å². The van der Waals surface area contributed by atoms with Crippen molar-refractivity contribution in [1.29, 1.82) is 0 Å². The third kappa shape index (κ3) is 5.38. The van der Waals surface area contributed by atoms with Gasteiger partial charge in [0, 0.05) is 23.9 Å². The number of esters is 1. The van der Waals surface area contributed by atoms with Gasteiger partial charge in [-0.05, 0) is 31.9 Å². The van der Waals surface area contributed by atoms with Gasteiger partial charge >= 0.3 is 12.1 Å². The van der Waals surface area contributed by atoms with Crippen LogP contribution in [-0.2, 0) is 11.3 Å². The first-order valence-electron chi connectivity index (χ1n) is 9.44. The van der Waals surface area contributed by atoms with Crippen molar-refractivity contribution in [3.63, 3.8) is 0 Å². The highest BCUT2D eigenvalue weighted by atomic mass is 35.5. The number of ether oxygens (including phenoxy) is 2. The predicted molar refractivity (Wildman–Crippen MR) is 109 cm³/mol. The average molecular weight is 448 g/mol. The minimum atomic E-state index is -4.39. The van der Waals surface area contributed by atoms with E-state index in [1.54, 1.807) is 17.7 Å². The molecule has 0 saturated carbocycles. The molecule has 2 aromatic rings. The van der Waals surface area contributed by atoms with Gasteiger partial charge < -0.3 is 14.8 Å². The highest BCUT2D eigenvalue weighted by Gasteiger charge is 2.36. The number of carbonyl (C=O) groups is 1. The Bertz CT molecular complexity index is 897. The Morgan fingerprint density at radius 2 is 1.97 bits per heavy atom. The van der Waals surface area contributed by atoms with Crippen LogP contribution in [0.5, 0.6) is 5.75 Å². The van der Waals surface area contributed by atoms with E-state index in [1.165, 1.54) is 19.2 Å². The molecule has 6 nitrogen and oxygen atoms in total. The van der Waals surface area contributed by atoms with Gasteiger partial charge in [0.2, 0.25) is 0 Å². The van der Waals surface area contributed by atoms with Crippen LogP contribution >= 0.6 is 11.6 Å². The molecular formula is C20H25ClF3N3O3. The number of hydrogen-bond donors (Lipinski definition) is 1. The predicted octanol–water partition coefficient (Wildman–Crippen LogP) is 5.41. The van der Waals surface area contributed by atoms with Crippen LogP contribution in [0.15, 0.2) is 18.2 Å². The molecule has 0 bridgehead atoms. The molecule has 1 heterocycles. The number of carbonyl (C=O) groups excluding carboxylic acids is 1. The van der Waals surface area contributed by atoms with E-state index < -0.39 is 18.2 Å². The largest absolute Gasteiger partial charge is 0.496 e. The number of hydrogen-bond acceptors (Lipinski definition) is 5. The van der Waals surface area contributed by atoms with E-state index in [0.29, 0.717) is 17.8 Å². The Hall–Kier alpha value is -2.42. The van der Waals surface area contributed by atoms with Crippen molar-refractivity contribution in [2.45, 2.75) is 46.5 Å². The Morgan fingerprint density at radius 3 is 2.50 bits per heavy atom. The molecular weight excluding hydrogens is 423 g/mol. The maximum absolute atomic E-state index is 12.9. The van der Waals surface area contributed by atoms with E-state index in [1.807, 2.05) is 13.8 Å². The number of rotatable bonds is 8. The zero-order valence-corrected chi connectivity index (χ0v) is 18.2.